The van der Waals surface area contributed by atoms with Gasteiger partial charge in [0.25, 0.3) is 0 Å². The molecule has 1 fully saturated rings. The summed E-state index contributed by atoms with van der Waals surface area (Å²) in [4.78, 5) is 0. The molecule has 0 saturated heterocycles. The Labute approximate surface area is 113 Å². The Morgan fingerprint density at radius 3 is 2.68 bits per heavy atom. The minimum Gasteiger partial charge on any atom is -0.408 e. The molecule has 1 aliphatic carbocycles. The molecule has 0 bridgehead atoms. The van der Waals surface area contributed by atoms with Crippen LogP contribution in [0.2, 0.25) is 0 Å². The lowest BCUT2D eigenvalue weighted by molar-refractivity contribution is 0.437. The maximum Gasteiger partial charge on any atom is 0.315 e. The van der Waals surface area contributed by atoms with Crippen LogP contribution in [-0.4, -0.2) is 10.2 Å². The highest BCUT2D eigenvalue weighted by atomic mass is 16.4. The summed E-state index contributed by atoms with van der Waals surface area (Å²) in [6.45, 7) is 0.714. The Bertz CT molecular complexity index is 503. The summed E-state index contributed by atoms with van der Waals surface area (Å²) in [6, 6.07) is 10.7. The lowest BCUT2D eigenvalue weighted by Crippen LogP contribution is -1.99. The molecule has 2 aromatic rings. The Morgan fingerprint density at radius 1 is 1.11 bits per heavy atom. The van der Waals surface area contributed by atoms with Gasteiger partial charge in [-0.2, -0.15) is 0 Å². The molecule has 3 rings (SSSR count). The number of anilines is 1. The average Bonchev–Trinajstić information content (AvgIpc) is 3.10. The van der Waals surface area contributed by atoms with E-state index in [0.717, 1.165) is 18.2 Å². The first-order valence-electron chi connectivity index (χ1n) is 7.00. The van der Waals surface area contributed by atoms with E-state index >= 15 is 0 Å². The summed E-state index contributed by atoms with van der Waals surface area (Å²) in [6.07, 6.45) is 6.22. The molecule has 0 unspecified atom stereocenters. The third kappa shape index (κ3) is 3.34. The minimum absolute atomic E-state index is 0.525. The van der Waals surface area contributed by atoms with Gasteiger partial charge < -0.3 is 9.73 Å². The number of hydrogen-bond acceptors (Lipinski definition) is 4. The van der Waals surface area contributed by atoms with Gasteiger partial charge in [0.15, 0.2) is 0 Å². The molecule has 1 aromatic carbocycles. The minimum atomic E-state index is 0.525. The Kier molecular flexibility index (Phi) is 3.77. The van der Waals surface area contributed by atoms with E-state index in [1.54, 1.807) is 0 Å². The van der Waals surface area contributed by atoms with Crippen LogP contribution in [0.1, 0.15) is 37.1 Å². The number of hydrogen-bond donors (Lipinski definition) is 1. The van der Waals surface area contributed by atoms with Crippen molar-refractivity contribution in [3.05, 3.63) is 41.8 Å². The van der Waals surface area contributed by atoms with Gasteiger partial charge in [0, 0.05) is 13.0 Å². The molecule has 1 aliphatic rings. The summed E-state index contributed by atoms with van der Waals surface area (Å²) >= 11 is 0. The van der Waals surface area contributed by atoms with Gasteiger partial charge in [0.2, 0.25) is 5.89 Å². The van der Waals surface area contributed by atoms with E-state index in [4.69, 9.17) is 4.42 Å². The second-order valence-electron chi connectivity index (χ2n) is 5.19. The molecule has 0 aliphatic heterocycles. The van der Waals surface area contributed by atoms with Gasteiger partial charge in [-0.05, 0) is 24.3 Å². The molecule has 1 aromatic heterocycles. The zero-order valence-corrected chi connectivity index (χ0v) is 11.0. The van der Waals surface area contributed by atoms with E-state index in [9.17, 15) is 0 Å². The second-order valence-corrected chi connectivity index (χ2v) is 5.19. The fourth-order valence-electron chi connectivity index (χ4n) is 2.64. The molecule has 0 spiro atoms. The number of benzene rings is 1. The average molecular weight is 257 g/mol. The Balaban J connectivity index is 1.53. The van der Waals surface area contributed by atoms with Crippen LogP contribution in [0.15, 0.2) is 34.7 Å². The van der Waals surface area contributed by atoms with Crippen LogP contribution in [-0.2, 0) is 13.0 Å². The van der Waals surface area contributed by atoms with Crippen LogP contribution in [0.5, 0.6) is 0 Å². The standard InChI is InChI=1S/C15H19N3O/c1-2-8-13(9-3-1)11-16-15-18-17-14(19-15)10-12-6-4-5-7-12/h1-3,8-9,12H,4-7,10-11H2,(H,16,18). The van der Waals surface area contributed by atoms with Crippen molar-refractivity contribution < 1.29 is 4.42 Å². The summed E-state index contributed by atoms with van der Waals surface area (Å²) in [5, 5.41) is 11.3. The lowest BCUT2D eigenvalue weighted by Gasteiger charge is -2.03. The first-order chi connectivity index (χ1) is 9.40. The maximum atomic E-state index is 5.63. The van der Waals surface area contributed by atoms with Crippen molar-refractivity contribution >= 4 is 6.01 Å². The Morgan fingerprint density at radius 2 is 1.89 bits per heavy atom. The van der Waals surface area contributed by atoms with Crippen LogP contribution < -0.4 is 5.32 Å². The SMILES string of the molecule is c1ccc(CNc2nnc(CC3CCCC3)o2)cc1. The molecular weight excluding hydrogens is 238 g/mol. The van der Waals surface area contributed by atoms with Crippen LogP contribution in [0.4, 0.5) is 6.01 Å². The molecule has 100 valence electrons. The highest BCUT2D eigenvalue weighted by molar-refractivity contribution is 5.23. The number of nitrogens with one attached hydrogen (secondary N) is 1. The number of rotatable bonds is 5. The van der Waals surface area contributed by atoms with Gasteiger partial charge in [-0.1, -0.05) is 48.3 Å². The largest absolute Gasteiger partial charge is 0.408 e. The first kappa shape index (κ1) is 12.2. The van der Waals surface area contributed by atoms with Gasteiger partial charge in [-0.25, -0.2) is 0 Å². The molecule has 1 N–H and O–H groups in total. The smallest absolute Gasteiger partial charge is 0.315 e. The highest BCUT2D eigenvalue weighted by Crippen LogP contribution is 2.27. The molecule has 0 amide bonds. The van der Waals surface area contributed by atoms with Crippen molar-refractivity contribution in [1.82, 2.24) is 10.2 Å². The molecule has 1 saturated carbocycles. The first-order valence-corrected chi connectivity index (χ1v) is 7.00. The molecule has 19 heavy (non-hydrogen) atoms. The van der Waals surface area contributed by atoms with E-state index in [1.165, 1.54) is 31.2 Å². The van der Waals surface area contributed by atoms with Crippen LogP contribution in [0.25, 0.3) is 0 Å². The topological polar surface area (TPSA) is 51.0 Å². The van der Waals surface area contributed by atoms with E-state index in [1.807, 2.05) is 18.2 Å². The van der Waals surface area contributed by atoms with Gasteiger partial charge in [-0.15, -0.1) is 5.10 Å². The molecule has 1 heterocycles. The lowest BCUT2D eigenvalue weighted by atomic mass is 10.0. The molecule has 0 radical (unpaired) electrons. The predicted molar refractivity (Wildman–Crippen MR) is 73.7 cm³/mol. The third-order valence-electron chi connectivity index (χ3n) is 3.69. The van der Waals surface area contributed by atoms with Crippen LogP contribution in [0.3, 0.4) is 0 Å². The number of aromatic nitrogens is 2. The van der Waals surface area contributed by atoms with E-state index in [-0.39, 0.29) is 0 Å². The predicted octanol–water partition coefficient (Wildman–Crippen LogP) is 3.41. The van der Waals surface area contributed by atoms with E-state index in [0.29, 0.717) is 12.6 Å². The van der Waals surface area contributed by atoms with Crippen molar-refractivity contribution in [1.29, 1.82) is 0 Å². The monoisotopic (exact) mass is 257 g/mol. The normalized spacial score (nSPS) is 15.8. The molecule has 4 nitrogen and oxygen atoms in total. The van der Waals surface area contributed by atoms with Crippen molar-refractivity contribution in [2.75, 3.05) is 5.32 Å². The molecular formula is C15H19N3O. The summed E-state index contributed by atoms with van der Waals surface area (Å²) in [5.74, 6) is 1.50. The number of nitrogens with zero attached hydrogens (tertiary/aromatic N) is 2. The summed E-state index contributed by atoms with van der Waals surface area (Å²) in [5.41, 5.74) is 1.21. The van der Waals surface area contributed by atoms with Crippen molar-refractivity contribution in [3.8, 4) is 0 Å². The van der Waals surface area contributed by atoms with Gasteiger partial charge >= 0.3 is 6.01 Å². The molecule has 0 atom stereocenters. The van der Waals surface area contributed by atoms with Crippen molar-refractivity contribution in [3.63, 3.8) is 0 Å². The zero-order valence-electron chi connectivity index (χ0n) is 11.0. The van der Waals surface area contributed by atoms with Gasteiger partial charge in [0.1, 0.15) is 0 Å². The second kappa shape index (κ2) is 5.87. The van der Waals surface area contributed by atoms with Gasteiger partial charge in [0.05, 0.1) is 0 Å². The van der Waals surface area contributed by atoms with Crippen molar-refractivity contribution in [2.24, 2.45) is 5.92 Å². The summed E-state index contributed by atoms with van der Waals surface area (Å²) in [7, 11) is 0. The Hall–Kier alpha value is -1.84. The van der Waals surface area contributed by atoms with Crippen LogP contribution in [0, 0.1) is 5.92 Å². The zero-order chi connectivity index (χ0) is 12.9. The third-order valence-corrected chi connectivity index (χ3v) is 3.69. The fraction of sp³-hybridized carbons (Fsp3) is 0.467. The quantitative estimate of drug-likeness (QED) is 0.891. The van der Waals surface area contributed by atoms with Crippen molar-refractivity contribution in [2.45, 2.75) is 38.6 Å². The summed E-state index contributed by atoms with van der Waals surface area (Å²) < 4.78 is 5.63. The maximum absolute atomic E-state index is 5.63. The van der Waals surface area contributed by atoms with Crippen LogP contribution >= 0.6 is 0 Å². The molecule has 4 heteroatoms. The van der Waals surface area contributed by atoms with E-state index < -0.39 is 0 Å². The fourth-order valence-corrected chi connectivity index (χ4v) is 2.64. The van der Waals surface area contributed by atoms with Gasteiger partial charge in [-0.3, -0.25) is 0 Å². The van der Waals surface area contributed by atoms with E-state index in [2.05, 4.69) is 27.6 Å². The highest BCUT2D eigenvalue weighted by Gasteiger charge is 2.18.